The number of nitrogens with zero attached hydrogens (tertiary/aromatic N) is 3. The van der Waals surface area contributed by atoms with Gasteiger partial charge in [0.15, 0.2) is 17.7 Å². The molecular weight excluding hydrogens is 855 g/mol. The monoisotopic (exact) mass is 913 g/mol. The number of hydrogen-bond donors (Lipinski definition) is 9. The van der Waals surface area contributed by atoms with Gasteiger partial charge in [-0.25, -0.2) is 13.4 Å². The number of nitrogens with one attached hydrogen (secondary N) is 3. The fourth-order valence-electron chi connectivity index (χ4n) is 5.53. The van der Waals surface area contributed by atoms with Gasteiger partial charge in [-0.1, -0.05) is 29.4 Å². The topological polar surface area (TPSA) is 367 Å². The minimum absolute atomic E-state index is 0.00798. The number of allylic oxidation sites excluding steroid dienone is 3. The normalized spacial score (nSPS) is 14.6. The second-order valence-electron chi connectivity index (χ2n) is 13.7. The average Bonchev–Trinajstić information content (AvgIpc) is 3.11. The molecule has 0 unspecified atom stereocenters. The zero-order valence-corrected chi connectivity index (χ0v) is 36.8. The van der Waals surface area contributed by atoms with Gasteiger partial charge < -0.3 is 42.2 Å². The summed E-state index contributed by atoms with van der Waals surface area (Å²) in [6.07, 6.45) is 5.21. The van der Waals surface area contributed by atoms with Crippen molar-refractivity contribution < 1.29 is 61.0 Å². The predicted molar refractivity (Wildman–Crippen MR) is 223 cm³/mol. The van der Waals surface area contributed by atoms with Gasteiger partial charge in [0.05, 0.1) is 25.2 Å². The largest absolute Gasteiger partial charge is 0.446 e. The number of aliphatic imine (C=N–C) groups is 2. The third-order valence-corrected chi connectivity index (χ3v) is 9.74. The van der Waals surface area contributed by atoms with Crippen LogP contribution in [0.1, 0.15) is 83.5 Å². The maximum absolute atomic E-state index is 13.9. The summed E-state index contributed by atoms with van der Waals surface area (Å²) in [5.41, 5.74) is 18.6. The number of likely N-dealkylation sites (N-methyl/N-ethyl adjacent to an activating group) is 2. The molecule has 1 rings (SSSR count). The second-order valence-corrected chi connectivity index (χ2v) is 16.9. The molecule has 0 heterocycles. The highest BCUT2D eigenvalue weighted by Crippen LogP contribution is 2.30. The van der Waals surface area contributed by atoms with Crippen LogP contribution in [-0.4, -0.2) is 119 Å². The van der Waals surface area contributed by atoms with Crippen molar-refractivity contribution in [2.45, 2.75) is 97.1 Å². The van der Waals surface area contributed by atoms with Crippen LogP contribution in [0.15, 0.2) is 51.5 Å². The van der Waals surface area contributed by atoms with Crippen molar-refractivity contribution in [3.8, 4) is 5.75 Å². The van der Waals surface area contributed by atoms with Crippen LogP contribution < -0.4 is 37.3 Å². The zero-order valence-electron chi connectivity index (χ0n) is 34.4. The van der Waals surface area contributed by atoms with E-state index in [1.807, 2.05) is 26.8 Å². The molecule has 0 saturated heterocycles. The van der Waals surface area contributed by atoms with Crippen LogP contribution in [0.2, 0.25) is 0 Å². The lowest BCUT2D eigenvalue weighted by Crippen LogP contribution is -2.55. The molecule has 0 radical (unpaired) electrons. The minimum atomic E-state index is -5.28. The van der Waals surface area contributed by atoms with Crippen LogP contribution in [0, 0.1) is 0 Å². The molecule has 60 heavy (non-hydrogen) atoms. The maximum atomic E-state index is 13.9. The summed E-state index contributed by atoms with van der Waals surface area (Å²) in [4.78, 5) is 37.1. The van der Waals surface area contributed by atoms with Crippen molar-refractivity contribution in [3.63, 3.8) is 0 Å². The van der Waals surface area contributed by atoms with E-state index < -0.39 is 85.2 Å². The lowest BCUT2D eigenvalue weighted by atomic mass is 9.99. The third kappa shape index (κ3) is 22.8. The second kappa shape index (κ2) is 25.4. The molecule has 4 atom stereocenters. The van der Waals surface area contributed by atoms with E-state index in [4.69, 9.17) is 30.5 Å². The highest BCUT2D eigenvalue weighted by Gasteiger charge is 2.34. The molecule has 1 aromatic carbocycles. The Morgan fingerprint density at radius 3 is 2.17 bits per heavy atom. The first-order valence-corrected chi connectivity index (χ1v) is 22.5. The fourth-order valence-corrected chi connectivity index (χ4v) is 6.73. The van der Waals surface area contributed by atoms with E-state index in [2.05, 4.69) is 40.4 Å². The van der Waals surface area contributed by atoms with Crippen LogP contribution in [-0.2, 0) is 55.8 Å². The minimum Gasteiger partial charge on any atom is -0.370 e. The molecule has 2 amide bonds. The summed E-state index contributed by atoms with van der Waals surface area (Å²) >= 11 is 0. The van der Waals surface area contributed by atoms with E-state index in [1.54, 1.807) is 7.05 Å². The third-order valence-electron chi connectivity index (χ3n) is 8.48. The summed E-state index contributed by atoms with van der Waals surface area (Å²) in [5.74, 6) is -1.96. The smallest absolute Gasteiger partial charge is 0.370 e. The molecule has 342 valence electrons. The van der Waals surface area contributed by atoms with Crippen LogP contribution >= 0.6 is 0 Å². The van der Waals surface area contributed by atoms with E-state index in [-0.39, 0.29) is 36.9 Å². The van der Waals surface area contributed by atoms with Crippen LogP contribution in [0.25, 0.3) is 0 Å². The number of hydrogen-bond acceptors (Lipinski definition) is 14. The van der Waals surface area contributed by atoms with Crippen molar-refractivity contribution in [1.82, 2.24) is 20.9 Å². The molecule has 0 saturated carbocycles. The first-order valence-electron chi connectivity index (χ1n) is 18.4. The van der Waals surface area contributed by atoms with Crippen LogP contribution in [0.5, 0.6) is 5.75 Å². The van der Waals surface area contributed by atoms with Gasteiger partial charge in [0.2, 0.25) is 11.8 Å². The molecule has 0 aromatic heterocycles. The zero-order chi connectivity index (χ0) is 45.8. The Morgan fingerprint density at radius 1 is 0.933 bits per heavy atom. The Kier molecular flexibility index (Phi) is 22.7. The molecule has 0 spiro atoms. The standard InChI is InChI=1S/C34H59N9O14S3/c1-22(2)10-7-11-23(3)16-19-41-34(37)40-18-8-12-27(38-5)32(45)43(6)28(13-9-17-39-33(35)36)31(44)42-24(4)30(57-60(52,53)54)25-14-15-29(56-59(49,50)51)26(20-25)21-55-58(46,47)48/h10,14-16,20,24,27-28,30,38H,7-9,11-13,17-19,21H2,1-6H3,(H,42,44)(H4,35,36,39)(H3,37,40,41)(H,46,47,48)(H,49,50,51)(H,52,53,54)/t24-,27+,28+,30+/m1/s1. The Bertz CT molecular complexity index is 2040. The summed E-state index contributed by atoms with van der Waals surface area (Å²) in [6, 6.07) is -0.580. The molecular formula is C34H59N9O14S3. The van der Waals surface area contributed by atoms with E-state index in [0.29, 0.717) is 25.9 Å². The SMILES string of the molecule is CN[C@@H](CCCNC(N)=NCC=C(C)CCC=C(C)C)C(=O)N(C)[C@@H](CCCN=C(N)N)C(=O)N[C@H](C)[C@H](OS(=O)(=O)O)c1ccc(OS(=O)(=O)O)c(COS(=O)(=O)O)c1. The molecule has 0 aliphatic heterocycles. The summed E-state index contributed by atoms with van der Waals surface area (Å²) in [5, 5.41) is 8.52. The van der Waals surface area contributed by atoms with Gasteiger partial charge >= 0.3 is 31.2 Å². The van der Waals surface area contributed by atoms with Gasteiger partial charge in [-0.15, -0.1) is 0 Å². The Hall–Kier alpha value is -4.41. The number of nitrogens with two attached hydrogens (primary N) is 3. The first kappa shape index (κ1) is 53.6. The Morgan fingerprint density at radius 2 is 1.60 bits per heavy atom. The predicted octanol–water partition coefficient (Wildman–Crippen LogP) is 0.399. The molecule has 0 fully saturated rings. The highest BCUT2D eigenvalue weighted by molar-refractivity contribution is 7.81. The fraction of sp³-hybridized carbons (Fsp3) is 0.588. The molecule has 12 N–H and O–H groups in total. The number of benzene rings is 1. The number of guanidine groups is 2. The Balaban J connectivity index is 3.28. The first-order chi connectivity index (χ1) is 27.7. The van der Waals surface area contributed by atoms with Gasteiger partial charge in [-0.3, -0.25) is 28.2 Å². The molecule has 23 nitrogen and oxygen atoms in total. The van der Waals surface area contributed by atoms with Crippen molar-refractivity contribution in [2.24, 2.45) is 27.2 Å². The van der Waals surface area contributed by atoms with E-state index in [1.165, 1.54) is 30.0 Å². The quantitative estimate of drug-likeness (QED) is 0.0190. The van der Waals surface area contributed by atoms with E-state index in [0.717, 1.165) is 31.0 Å². The molecule has 0 aliphatic carbocycles. The van der Waals surface area contributed by atoms with Crippen molar-refractivity contribution in [3.05, 3.63) is 52.6 Å². The number of carbonyl (C=O) groups is 2. The van der Waals surface area contributed by atoms with E-state index >= 15 is 0 Å². The van der Waals surface area contributed by atoms with Gasteiger partial charge in [-0.05, 0) is 91.0 Å². The molecule has 0 aliphatic rings. The van der Waals surface area contributed by atoms with Gasteiger partial charge in [-0.2, -0.15) is 25.3 Å². The molecule has 26 heteroatoms. The lowest BCUT2D eigenvalue weighted by molar-refractivity contribution is -0.141. The van der Waals surface area contributed by atoms with Crippen LogP contribution in [0.4, 0.5) is 0 Å². The summed E-state index contributed by atoms with van der Waals surface area (Å²) < 4.78 is 111. The van der Waals surface area contributed by atoms with Crippen LogP contribution in [0.3, 0.4) is 0 Å². The molecule has 1 aromatic rings. The van der Waals surface area contributed by atoms with Crippen molar-refractivity contribution in [2.75, 3.05) is 33.7 Å². The van der Waals surface area contributed by atoms with Gasteiger partial charge in [0, 0.05) is 25.7 Å². The number of rotatable bonds is 27. The van der Waals surface area contributed by atoms with Crippen molar-refractivity contribution in [1.29, 1.82) is 0 Å². The number of carbonyl (C=O) groups excluding carboxylic acids is 2. The Labute approximate surface area is 352 Å². The maximum Gasteiger partial charge on any atom is 0.446 e. The number of amides is 2. The summed E-state index contributed by atoms with van der Waals surface area (Å²) in [7, 11) is -12.6. The van der Waals surface area contributed by atoms with Crippen molar-refractivity contribution >= 4 is 54.9 Å². The average molecular weight is 914 g/mol. The highest BCUT2D eigenvalue weighted by atomic mass is 32.3. The van der Waals surface area contributed by atoms with Gasteiger partial charge in [0.25, 0.3) is 0 Å². The lowest BCUT2D eigenvalue weighted by Gasteiger charge is -2.32. The summed E-state index contributed by atoms with van der Waals surface area (Å²) in [6.45, 7) is 7.17. The van der Waals surface area contributed by atoms with E-state index in [9.17, 15) is 39.4 Å². The van der Waals surface area contributed by atoms with Gasteiger partial charge in [0.1, 0.15) is 12.1 Å². The molecule has 0 bridgehead atoms.